The minimum absolute atomic E-state index is 0.000172. The molecule has 0 radical (unpaired) electrons. The van der Waals surface area contributed by atoms with E-state index < -0.39 is 23.6 Å². The Morgan fingerprint density at radius 3 is 2.87 bits per heavy atom. The van der Waals surface area contributed by atoms with Crippen molar-refractivity contribution in [2.45, 2.75) is 56.3 Å². The molecule has 45 heavy (non-hydrogen) atoms. The first-order valence-electron chi connectivity index (χ1n) is 15.5. The number of phenols is 1. The molecular formula is C33H36F2N6O4. The number of aromatic nitrogens is 3. The largest absolute Gasteiger partial charge is 0.508 e. The summed E-state index contributed by atoms with van der Waals surface area (Å²) in [6.45, 7) is 2.59. The summed E-state index contributed by atoms with van der Waals surface area (Å²) in [5, 5.41) is 15.3. The van der Waals surface area contributed by atoms with Gasteiger partial charge in [0, 0.05) is 43.9 Å². The summed E-state index contributed by atoms with van der Waals surface area (Å²) in [6.07, 6.45) is 4.52. The van der Waals surface area contributed by atoms with Crippen LogP contribution in [0.1, 0.15) is 38.5 Å². The lowest BCUT2D eigenvalue weighted by atomic mass is 9.95. The summed E-state index contributed by atoms with van der Waals surface area (Å²) >= 11 is 0. The molecule has 2 N–H and O–H groups in total. The Morgan fingerprint density at radius 1 is 1.13 bits per heavy atom. The average Bonchev–Trinajstić information content (AvgIpc) is 3.46. The number of pyridine rings is 1. The molecule has 0 bridgehead atoms. The van der Waals surface area contributed by atoms with Crippen LogP contribution in [0, 0.1) is 5.82 Å². The first-order chi connectivity index (χ1) is 21.8. The molecule has 3 saturated heterocycles. The minimum atomic E-state index is -0.909. The zero-order chi connectivity index (χ0) is 31.1. The van der Waals surface area contributed by atoms with Crippen LogP contribution in [0.2, 0.25) is 0 Å². The van der Waals surface area contributed by atoms with E-state index in [1.165, 1.54) is 13.2 Å². The number of halogens is 2. The van der Waals surface area contributed by atoms with Crippen molar-refractivity contribution in [3.63, 3.8) is 0 Å². The molecule has 3 aliphatic rings. The maximum absolute atomic E-state index is 16.6. The van der Waals surface area contributed by atoms with E-state index in [0.29, 0.717) is 49.2 Å². The van der Waals surface area contributed by atoms with Gasteiger partial charge in [0.15, 0.2) is 5.82 Å². The fraction of sp³-hybridized carbons (Fsp3) is 0.455. The molecule has 3 fully saturated rings. The number of rotatable bonds is 6. The lowest BCUT2D eigenvalue weighted by Gasteiger charge is -2.31. The number of aromatic hydroxyl groups is 1. The Labute approximate surface area is 259 Å². The minimum Gasteiger partial charge on any atom is -0.508 e. The predicted octanol–water partition coefficient (Wildman–Crippen LogP) is 5.36. The molecule has 7 rings (SSSR count). The van der Waals surface area contributed by atoms with Crippen molar-refractivity contribution in [2.75, 3.05) is 44.8 Å². The molecular weight excluding hydrogens is 582 g/mol. The van der Waals surface area contributed by atoms with E-state index in [0.717, 1.165) is 43.0 Å². The maximum Gasteiger partial charge on any atom is 0.407 e. The molecule has 2 unspecified atom stereocenters. The topological polar surface area (TPSA) is 113 Å². The Kier molecular flexibility index (Phi) is 7.76. The van der Waals surface area contributed by atoms with Crippen LogP contribution in [-0.4, -0.2) is 88.7 Å². The molecule has 3 aliphatic heterocycles. The zero-order valence-corrected chi connectivity index (χ0v) is 25.1. The molecule has 2 aromatic heterocycles. The van der Waals surface area contributed by atoms with Gasteiger partial charge in [-0.05, 0) is 61.6 Å². The van der Waals surface area contributed by atoms with Gasteiger partial charge < -0.3 is 24.8 Å². The number of carbonyl (C=O) groups excluding carboxylic acids is 1. The number of hydrogen-bond donors (Lipinski definition) is 2. The van der Waals surface area contributed by atoms with Crippen LogP contribution in [0.25, 0.3) is 32.9 Å². The van der Waals surface area contributed by atoms with Crippen molar-refractivity contribution in [2.24, 2.45) is 0 Å². The number of nitrogens with zero attached hydrogens (tertiary/aromatic N) is 5. The van der Waals surface area contributed by atoms with Crippen molar-refractivity contribution in [3.05, 3.63) is 48.4 Å². The Morgan fingerprint density at radius 2 is 2.00 bits per heavy atom. The fourth-order valence-corrected chi connectivity index (χ4v) is 7.33. The summed E-state index contributed by atoms with van der Waals surface area (Å²) in [6, 6.07) is 10.5. The van der Waals surface area contributed by atoms with E-state index in [2.05, 4.69) is 20.2 Å². The van der Waals surface area contributed by atoms with Crippen LogP contribution in [0.5, 0.6) is 11.8 Å². The van der Waals surface area contributed by atoms with E-state index in [1.807, 2.05) is 29.2 Å². The Bertz CT molecular complexity index is 1760. The van der Waals surface area contributed by atoms with Gasteiger partial charge in [0.25, 0.3) is 0 Å². The lowest BCUT2D eigenvalue weighted by Crippen LogP contribution is -2.43. The Hall–Kier alpha value is -4.32. The summed E-state index contributed by atoms with van der Waals surface area (Å²) in [5.74, 6) is -0.162. The van der Waals surface area contributed by atoms with Gasteiger partial charge >= 0.3 is 12.1 Å². The van der Waals surface area contributed by atoms with Crippen molar-refractivity contribution in [1.29, 1.82) is 0 Å². The number of methoxy groups -OCH3 is 1. The van der Waals surface area contributed by atoms with Crippen LogP contribution in [-0.2, 0) is 4.74 Å². The third-order valence-corrected chi connectivity index (χ3v) is 9.51. The van der Waals surface area contributed by atoms with Gasteiger partial charge in [-0.15, -0.1) is 0 Å². The third-order valence-electron chi connectivity index (χ3n) is 9.51. The molecule has 10 nitrogen and oxygen atoms in total. The van der Waals surface area contributed by atoms with E-state index in [-0.39, 0.29) is 35.6 Å². The standard InChI is InChI=1S/C33H36F2N6O4/c1-44-32(43)37-22-7-4-11-40(13-9-22)30-26-17-36-28(25-15-23(42)14-20-6-2-3-8-24(20)25)27(35)29(26)38-31(39-30)45-19-33-10-5-12-41(33)18-21(34)16-33/h2-3,6,8,14-15,17,21-22,42H,4-5,7,9-13,16,18-19H2,1H3,(H,37,43)/t21?,22?,33-/m0/s1. The summed E-state index contributed by atoms with van der Waals surface area (Å²) < 4.78 is 42.1. The molecule has 5 heterocycles. The van der Waals surface area contributed by atoms with Crippen molar-refractivity contribution in [1.82, 2.24) is 25.2 Å². The van der Waals surface area contributed by atoms with Crippen LogP contribution in [0.15, 0.2) is 42.6 Å². The van der Waals surface area contributed by atoms with Crippen molar-refractivity contribution >= 4 is 33.6 Å². The molecule has 0 aliphatic carbocycles. The maximum atomic E-state index is 16.6. The molecule has 3 atom stereocenters. The number of amides is 1. The number of ether oxygens (including phenoxy) is 2. The monoisotopic (exact) mass is 618 g/mol. The SMILES string of the molecule is COC(=O)NC1CCCN(c2nc(OC[C@@]34CCCN3CC(F)C4)nc3c(F)c(-c4cc(O)cc5ccccc45)ncc23)CC1. The second-order valence-corrected chi connectivity index (χ2v) is 12.3. The second-order valence-electron chi connectivity index (χ2n) is 12.3. The van der Waals surface area contributed by atoms with Crippen LogP contribution < -0.4 is 15.0 Å². The number of nitrogens with one attached hydrogen (secondary N) is 1. The number of benzene rings is 2. The number of anilines is 1. The smallest absolute Gasteiger partial charge is 0.407 e. The van der Waals surface area contributed by atoms with Crippen LogP contribution in [0.4, 0.5) is 19.4 Å². The average molecular weight is 619 g/mol. The van der Waals surface area contributed by atoms with Gasteiger partial charge in [0.05, 0.1) is 18.0 Å². The number of fused-ring (bicyclic) bond motifs is 3. The quantitative estimate of drug-likeness (QED) is 0.295. The summed E-state index contributed by atoms with van der Waals surface area (Å²) in [4.78, 5) is 30.0. The number of alkyl carbamates (subject to hydrolysis) is 1. The Balaban J connectivity index is 1.29. The number of carbonyl (C=O) groups is 1. The molecule has 0 saturated carbocycles. The van der Waals surface area contributed by atoms with Gasteiger partial charge in [-0.3, -0.25) is 9.88 Å². The number of phenolic OH excluding ortho intramolecular Hbond substituents is 1. The van der Waals surface area contributed by atoms with Gasteiger partial charge in [0.1, 0.15) is 35.6 Å². The normalized spacial score (nSPS) is 23.7. The van der Waals surface area contributed by atoms with Gasteiger partial charge in [-0.25, -0.2) is 13.6 Å². The van der Waals surface area contributed by atoms with E-state index >= 15 is 4.39 Å². The van der Waals surface area contributed by atoms with Crippen LogP contribution >= 0.6 is 0 Å². The highest BCUT2D eigenvalue weighted by atomic mass is 19.1. The zero-order valence-electron chi connectivity index (χ0n) is 25.1. The highest BCUT2D eigenvalue weighted by Crippen LogP contribution is 2.41. The highest BCUT2D eigenvalue weighted by molar-refractivity contribution is 5.99. The first-order valence-corrected chi connectivity index (χ1v) is 15.5. The summed E-state index contributed by atoms with van der Waals surface area (Å²) in [7, 11) is 1.34. The summed E-state index contributed by atoms with van der Waals surface area (Å²) in [5.41, 5.74) is 0.131. The van der Waals surface area contributed by atoms with Crippen molar-refractivity contribution < 1.29 is 28.2 Å². The van der Waals surface area contributed by atoms with E-state index in [4.69, 9.17) is 14.5 Å². The molecule has 0 spiro atoms. The lowest BCUT2D eigenvalue weighted by molar-refractivity contribution is 0.107. The van der Waals surface area contributed by atoms with Gasteiger partial charge in [0.2, 0.25) is 0 Å². The van der Waals surface area contributed by atoms with Crippen LogP contribution in [0.3, 0.4) is 0 Å². The van der Waals surface area contributed by atoms with E-state index in [9.17, 15) is 14.3 Å². The van der Waals surface area contributed by atoms with Gasteiger partial charge in [-0.2, -0.15) is 9.97 Å². The molecule has 12 heteroatoms. The molecule has 1 amide bonds. The molecule has 236 valence electrons. The fourth-order valence-electron chi connectivity index (χ4n) is 7.33. The molecule has 4 aromatic rings. The predicted molar refractivity (Wildman–Crippen MR) is 166 cm³/mol. The number of alkyl halides is 1. The first kappa shape index (κ1) is 29.4. The van der Waals surface area contributed by atoms with E-state index in [1.54, 1.807) is 12.3 Å². The second kappa shape index (κ2) is 11.9. The number of hydrogen-bond acceptors (Lipinski definition) is 9. The van der Waals surface area contributed by atoms with Crippen molar-refractivity contribution in [3.8, 4) is 23.0 Å². The molecule has 2 aromatic carbocycles. The highest BCUT2D eigenvalue weighted by Gasteiger charge is 2.49. The van der Waals surface area contributed by atoms with Gasteiger partial charge in [-0.1, -0.05) is 24.3 Å². The third kappa shape index (κ3) is 5.56.